The van der Waals surface area contributed by atoms with Crippen molar-refractivity contribution in [3.05, 3.63) is 54.2 Å². The van der Waals surface area contributed by atoms with E-state index in [1.54, 1.807) is 37.6 Å². The number of ketones is 1. The van der Waals surface area contributed by atoms with Crippen molar-refractivity contribution >= 4 is 28.9 Å². The van der Waals surface area contributed by atoms with E-state index in [-0.39, 0.29) is 48.3 Å². The number of anilines is 3. The summed E-state index contributed by atoms with van der Waals surface area (Å²) in [5.41, 5.74) is 2.70. The summed E-state index contributed by atoms with van der Waals surface area (Å²) in [6.07, 6.45) is 0.892. The first kappa shape index (κ1) is 32.7. The molecular formula is C36H40FN7O5. The van der Waals surface area contributed by atoms with Crippen molar-refractivity contribution in [1.29, 1.82) is 5.26 Å². The maximum atomic E-state index is 15.2. The van der Waals surface area contributed by atoms with Gasteiger partial charge in [-0.3, -0.25) is 14.5 Å². The third-order valence-electron chi connectivity index (χ3n) is 9.92. The average molecular weight is 670 g/mol. The van der Waals surface area contributed by atoms with Gasteiger partial charge in [-0.05, 0) is 42.8 Å². The van der Waals surface area contributed by atoms with Crippen molar-refractivity contribution < 1.29 is 28.2 Å². The molecule has 3 saturated heterocycles. The number of piperidine rings is 1. The van der Waals surface area contributed by atoms with Gasteiger partial charge in [0.25, 0.3) is 0 Å². The second kappa shape index (κ2) is 14.4. The van der Waals surface area contributed by atoms with Crippen molar-refractivity contribution in [1.82, 2.24) is 19.8 Å². The van der Waals surface area contributed by atoms with Crippen molar-refractivity contribution in [2.45, 2.75) is 44.0 Å². The van der Waals surface area contributed by atoms with Crippen molar-refractivity contribution in [2.75, 3.05) is 69.8 Å². The van der Waals surface area contributed by atoms with Crippen LogP contribution in [0.15, 0.2) is 48.7 Å². The van der Waals surface area contributed by atoms with E-state index in [0.29, 0.717) is 42.6 Å². The third-order valence-corrected chi connectivity index (χ3v) is 9.92. The minimum Gasteiger partial charge on any atom is -0.495 e. The smallest absolute Gasteiger partial charge is 0.226 e. The highest BCUT2D eigenvalue weighted by Crippen LogP contribution is 2.34. The van der Waals surface area contributed by atoms with Gasteiger partial charge in [-0.2, -0.15) is 5.26 Å². The third kappa shape index (κ3) is 7.16. The minimum absolute atomic E-state index is 0.0837. The van der Waals surface area contributed by atoms with Crippen molar-refractivity contribution in [2.24, 2.45) is 5.92 Å². The van der Waals surface area contributed by atoms with E-state index >= 15 is 4.39 Å². The Labute approximate surface area is 284 Å². The average Bonchev–Trinajstić information content (AvgIpc) is 3.54. The number of nitrogens with zero attached hydrogens (tertiary/aromatic N) is 6. The monoisotopic (exact) mass is 669 g/mol. The van der Waals surface area contributed by atoms with Crippen LogP contribution in [0.5, 0.6) is 11.5 Å². The van der Waals surface area contributed by atoms with E-state index in [1.807, 2.05) is 12.1 Å². The molecule has 13 heteroatoms. The number of aromatic nitrogens is 2. The number of ether oxygens (including phenoxy) is 3. The molecule has 12 nitrogen and oxygen atoms in total. The van der Waals surface area contributed by atoms with Crippen LogP contribution in [0.4, 0.5) is 21.6 Å². The Hall–Kier alpha value is -4.80. The summed E-state index contributed by atoms with van der Waals surface area (Å²) in [5, 5.41) is 13.3. The molecule has 1 amide bonds. The summed E-state index contributed by atoms with van der Waals surface area (Å²) in [6, 6.07) is 15.5. The standard InChI is InChI=1S/C36H40FN7O5/c1-47-33-18-26(4-6-30(33)43-14-12-42(13-15-43)27-21-48-22-27)40-34-8-10-39-35(41-34)23-3-7-31(25(16-23)19-38)49-32-9-11-44(20-29(32)37)36(46)24-2-5-28(45)17-24/h3-4,6-8,10,16,18,24,27,29,32H,2,5,9,11-15,17,20-22H2,1H3,(H,39,40,41)/t24?,29-,32+/m1/s1. The summed E-state index contributed by atoms with van der Waals surface area (Å²) in [4.78, 5) is 39.9. The predicted octanol–water partition coefficient (Wildman–Crippen LogP) is 3.98. The summed E-state index contributed by atoms with van der Waals surface area (Å²) < 4.78 is 32.3. The SMILES string of the molecule is COc1cc(Nc2ccnc(-c3ccc(O[C@H]4CCN(C(=O)C5CCC(=O)C5)C[C@H]4F)c(C#N)c3)n2)ccc1N1CCN(C2COC2)CC1. The van der Waals surface area contributed by atoms with E-state index in [1.165, 1.54) is 4.90 Å². The molecule has 0 bridgehead atoms. The van der Waals surface area contributed by atoms with Gasteiger partial charge in [-0.15, -0.1) is 0 Å². The molecule has 1 unspecified atom stereocenters. The van der Waals surface area contributed by atoms with Crippen LogP contribution in [0.25, 0.3) is 11.4 Å². The lowest BCUT2D eigenvalue weighted by Gasteiger charge is -2.43. The fourth-order valence-corrected chi connectivity index (χ4v) is 7.02. The van der Waals surface area contributed by atoms with E-state index < -0.39 is 12.3 Å². The molecule has 4 heterocycles. The number of halogens is 1. The van der Waals surface area contributed by atoms with Crippen LogP contribution in [0.2, 0.25) is 0 Å². The van der Waals surface area contributed by atoms with E-state index in [9.17, 15) is 14.9 Å². The van der Waals surface area contributed by atoms with Crippen LogP contribution in [0.3, 0.4) is 0 Å². The number of Topliss-reactive ketones (excluding diaryl/α,β-unsaturated/α-hetero) is 1. The zero-order chi connectivity index (χ0) is 33.9. The molecule has 49 heavy (non-hydrogen) atoms. The number of hydrogen-bond donors (Lipinski definition) is 1. The van der Waals surface area contributed by atoms with Gasteiger partial charge in [0, 0.05) is 81.4 Å². The van der Waals surface area contributed by atoms with Gasteiger partial charge in [-0.1, -0.05) is 0 Å². The Bertz CT molecular complexity index is 1740. The lowest BCUT2D eigenvalue weighted by Crippen LogP contribution is -2.56. The van der Waals surface area contributed by atoms with Crippen LogP contribution in [0, 0.1) is 17.2 Å². The number of rotatable bonds is 9. The number of piperazine rings is 1. The molecular weight excluding hydrogens is 629 g/mol. The molecule has 256 valence electrons. The zero-order valence-corrected chi connectivity index (χ0v) is 27.5. The fourth-order valence-electron chi connectivity index (χ4n) is 7.02. The van der Waals surface area contributed by atoms with Crippen LogP contribution >= 0.6 is 0 Å². The molecule has 1 aliphatic carbocycles. The number of carbonyl (C=O) groups is 2. The number of nitrogens with one attached hydrogen (secondary N) is 1. The van der Waals surface area contributed by atoms with E-state index in [2.05, 4.69) is 37.2 Å². The number of likely N-dealkylation sites (tertiary alicyclic amines) is 1. The highest BCUT2D eigenvalue weighted by Gasteiger charge is 2.38. The highest BCUT2D eigenvalue weighted by atomic mass is 19.1. The summed E-state index contributed by atoms with van der Waals surface area (Å²) in [6.45, 7) is 5.71. The Morgan fingerprint density at radius 1 is 1.06 bits per heavy atom. The summed E-state index contributed by atoms with van der Waals surface area (Å²) in [5.74, 6) is 1.59. The number of methoxy groups -OCH3 is 1. The molecule has 3 aromatic rings. The van der Waals surface area contributed by atoms with Crippen molar-refractivity contribution in [3.63, 3.8) is 0 Å². The highest BCUT2D eigenvalue weighted by molar-refractivity contribution is 5.90. The second-order valence-corrected chi connectivity index (χ2v) is 13.0. The Morgan fingerprint density at radius 2 is 1.90 bits per heavy atom. The molecule has 7 rings (SSSR count). The number of hydrogen-bond acceptors (Lipinski definition) is 11. The summed E-state index contributed by atoms with van der Waals surface area (Å²) in [7, 11) is 1.67. The topological polar surface area (TPSA) is 133 Å². The second-order valence-electron chi connectivity index (χ2n) is 13.0. The first-order valence-electron chi connectivity index (χ1n) is 16.9. The maximum Gasteiger partial charge on any atom is 0.226 e. The Balaban J connectivity index is 0.985. The van der Waals surface area contributed by atoms with E-state index in [4.69, 9.17) is 14.2 Å². The van der Waals surface area contributed by atoms with Crippen molar-refractivity contribution in [3.8, 4) is 29.0 Å². The number of carbonyl (C=O) groups excluding carboxylic acids is 2. The molecule has 1 saturated carbocycles. The predicted molar refractivity (Wildman–Crippen MR) is 180 cm³/mol. The van der Waals surface area contributed by atoms with E-state index in [0.717, 1.165) is 56.5 Å². The van der Waals surface area contributed by atoms with Gasteiger partial charge < -0.3 is 29.3 Å². The molecule has 1 aromatic heterocycles. The minimum atomic E-state index is -1.42. The molecule has 0 radical (unpaired) electrons. The Kier molecular flexibility index (Phi) is 9.59. The molecule has 3 aliphatic heterocycles. The normalized spacial score (nSPS) is 23.1. The fraction of sp³-hybridized carbons (Fsp3) is 0.472. The van der Waals surface area contributed by atoms with Crippen LogP contribution < -0.4 is 19.7 Å². The zero-order valence-electron chi connectivity index (χ0n) is 27.5. The number of nitriles is 1. The molecule has 4 fully saturated rings. The van der Waals surface area contributed by atoms with Gasteiger partial charge in [0.05, 0.1) is 44.2 Å². The molecule has 1 N–H and O–H groups in total. The largest absolute Gasteiger partial charge is 0.495 e. The number of alkyl halides is 1. The first-order chi connectivity index (χ1) is 23.9. The number of amides is 1. The quantitative estimate of drug-likeness (QED) is 0.355. The maximum absolute atomic E-state index is 15.2. The van der Waals surface area contributed by atoms with Crippen LogP contribution in [-0.4, -0.2) is 109 Å². The first-order valence-corrected chi connectivity index (χ1v) is 16.9. The molecule has 2 aromatic carbocycles. The van der Waals surface area contributed by atoms with Gasteiger partial charge in [0.1, 0.15) is 35.3 Å². The van der Waals surface area contributed by atoms with Gasteiger partial charge in [0.2, 0.25) is 5.91 Å². The van der Waals surface area contributed by atoms with Crippen LogP contribution in [0.1, 0.15) is 31.2 Å². The number of benzene rings is 2. The van der Waals surface area contributed by atoms with Crippen LogP contribution in [-0.2, 0) is 14.3 Å². The summed E-state index contributed by atoms with van der Waals surface area (Å²) >= 11 is 0. The van der Waals surface area contributed by atoms with Gasteiger partial charge in [0.15, 0.2) is 12.0 Å². The lowest BCUT2D eigenvalue weighted by molar-refractivity contribution is -0.139. The molecule has 0 spiro atoms. The molecule has 4 aliphatic rings. The lowest BCUT2D eigenvalue weighted by atomic mass is 10.0. The van der Waals surface area contributed by atoms with Gasteiger partial charge >= 0.3 is 0 Å². The Morgan fingerprint density at radius 3 is 2.59 bits per heavy atom. The van der Waals surface area contributed by atoms with Gasteiger partial charge in [-0.25, -0.2) is 14.4 Å². The molecule has 3 atom stereocenters.